The minimum Gasteiger partial charge on any atom is -0.325 e. The Labute approximate surface area is 105 Å². The van der Waals surface area contributed by atoms with Gasteiger partial charge in [-0.3, -0.25) is 4.79 Å². The van der Waals surface area contributed by atoms with Gasteiger partial charge in [-0.1, -0.05) is 13.8 Å². The topological polar surface area (TPSA) is 89.3 Å². The summed E-state index contributed by atoms with van der Waals surface area (Å²) in [7, 11) is -4.01. The highest BCUT2D eigenvalue weighted by Crippen LogP contribution is 2.21. The summed E-state index contributed by atoms with van der Waals surface area (Å²) in [5.41, 5.74) is -0.136. The molecule has 0 radical (unpaired) electrons. The Morgan fingerprint density at radius 2 is 2.06 bits per heavy atom. The van der Waals surface area contributed by atoms with E-state index in [1.807, 2.05) is 13.8 Å². The molecule has 18 heavy (non-hydrogen) atoms. The molecule has 0 spiro atoms. The molecule has 1 aromatic carbocycles. The Morgan fingerprint density at radius 3 is 2.56 bits per heavy atom. The van der Waals surface area contributed by atoms with Crippen LogP contribution in [0.25, 0.3) is 0 Å². The molecule has 3 N–H and O–H groups in total. The second kappa shape index (κ2) is 5.45. The summed E-state index contributed by atoms with van der Waals surface area (Å²) in [5, 5.41) is 7.33. The third kappa shape index (κ3) is 4.08. The van der Waals surface area contributed by atoms with Crippen molar-refractivity contribution in [2.24, 2.45) is 11.1 Å². The number of carbonyl (C=O) groups is 1. The Hall–Kier alpha value is -1.47. The van der Waals surface area contributed by atoms with Crippen LogP contribution >= 0.6 is 0 Å². The van der Waals surface area contributed by atoms with Crippen LogP contribution in [0.1, 0.15) is 20.3 Å². The van der Waals surface area contributed by atoms with E-state index >= 15 is 0 Å². The van der Waals surface area contributed by atoms with Crippen molar-refractivity contribution in [3.63, 3.8) is 0 Å². The summed E-state index contributed by atoms with van der Waals surface area (Å²) in [4.78, 5) is 11.2. The molecule has 1 rings (SSSR count). The van der Waals surface area contributed by atoms with Crippen LogP contribution in [0, 0.1) is 11.7 Å². The molecule has 0 aliphatic carbocycles. The van der Waals surface area contributed by atoms with Gasteiger partial charge in [0.1, 0.15) is 10.7 Å². The van der Waals surface area contributed by atoms with Crippen LogP contribution in [-0.4, -0.2) is 14.3 Å². The lowest BCUT2D eigenvalue weighted by Crippen LogP contribution is -2.19. The fourth-order valence-corrected chi connectivity index (χ4v) is 2.09. The molecule has 1 amide bonds. The number of hydrogen-bond acceptors (Lipinski definition) is 3. The van der Waals surface area contributed by atoms with Gasteiger partial charge in [-0.05, 0) is 24.1 Å². The van der Waals surface area contributed by atoms with Gasteiger partial charge in [0.15, 0.2) is 0 Å². The minimum absolute atomic E-state index is 0.108. The summed E-state index contributed by atoms with van der Waals surface area (Å²) in [6, 6.07) is 2.92. The fraction of sp³-hybridized carbons (Fsp3) is 0.364. The Kier molecular flexibility index (Phi) is 4.42. The first-order valence-electron chi connectivity index (χ1n) is 5.32. The van der Waals surface area contributed by atoms with Gasteiger partial charge in [0, 0.05) is 6.42 Å². The summed E-state index contributed by atoms with van der Waals surface area (Å²) >= 11 is 0. The van der Waals surface area contributed by atoms with E-state index in [-0.39, 0.29) is 28.8 Å². The first-order valence-corrected chi connectivity index (χ1v) is 6.87. The van der Waals surface area contributed by atoms with E-state index in [0.717, 1.165) is 18.2 Å². The second-order valence-corrected chi connectivity index (χ2v) is 5.86. The van der Waals surface area contributed by atoms with E-state index in [4.69, 9.17) is 5.14 Å². The molecule has 0 heterocycles. The molecule has 100 valence electrons. The number of carbonyl (C=O) groups excluding carboxylic acids is 1. The van der Waals surface area contributed by atoms with Crippen molar-refractivity contribution in [3.05, 3.63) is 24.0 Å². The standard InChI is InChI=1S/C11H15FN2O3S/c1-7(2)5-11(15)14-9-6-8(12)3-4-10(9)18(13,16)17/h3-4,6-7H,5H2,1-2H3,(H,14,15)(H2,13,16,17). The molecule has 0 unspecified atom stereocenters. The number of nitrogens with one attached hydrogen (secondary N) is 1. The van der Waals surface area contributed by atoms with Crippen LogP contribution in [0.4, 0.5) is 10.1 Å². The average molecular weight is 274 g/mol. The molecule has 0 saturated carbocycles. The normalized spacial score (nSPS) is 11.6. The first kappa shape index (κ1) is 14.6. The molecule has 5 nitrogen and oxygen atoms in total. The van der Waals surface area contributed by atoms with Crippen molar-refractivity contribution in [1.82, 2.24) is 0 Å². The summed E-state index contributed by atoms with van der Waals surface area (Å²) in [6.07, 6.45) is 0.209. The summed E-state index contributed by atoms with van der Waals surface area (Å²) in [5.74, 6) is -0.931. The molecule has 0 aromatic heterocycles. The Morgan fingerprint density at radius 1 is 1.44 bits per heavy atom. The first-order chi connectivity index (χ1) is 8.20. The lowest BCUT2D eigenvalue weighted by atomic mass is 10.1. The van der Waals surface area contributed by atoms with E-state index in [2.05, 4.69) is 5.32 Å². The van der Waals surface area contributed by atoms with Gasteiger partial charge >= 0.3 is 0 Å². The Balaban J connectivity index is 3.08. The number of primary sulfonamides is 1. The molecule has 0 fully saturated rings. The van der Waals surface area contributed by atoms with E-state index in [1.54, 1.807) is 0 Å². The summed E-state index contributed by atoms with van der Waals surface area (Å²) < 4.78 is 35.6. The molecule has 0 saturated heterocycles. The maximum atomic E-state index is 13.1. The van der Waals surface area contributed by atoms with Gasteiger partial charge < -0.3 is 5.32 Å². The molecule has 0 aliphatic heterocycles. The van der Waals surface area contributed by atoms with Crippen molar-refractivity contribution in [1.29, 1.82) is 0 Å². The van der Waals surface area contributed by atoms with Crippen LogP contribution in [0.15, 0.2) is 23.1 Å². The van der Waals surface area contributed by atoms with Crippen molar-refractivity contribution in [3.8, 4) is 0 Å². The van der Waals surface area contributed by atoms with Gasteiger partial charge in [0.2, 0.25) is 15.9 Å². The van der Waals surface area contributed by atoms with Gasteiger partial charge in [0.25, 0.3) is 0 Å². The number of hydrogen-bond donors (Lipinski definition) is 2. The molecule has 0 bridgehead atoms. The van der Waals surface area contributed by atoms with E-state index in [0.29, 0.717) is 0 Å². The molecule has 0 atom stereocenters. The monoisotopic (exact) mass is 274 g/mol. The van der Waals surface area contributed by atoms with E-state index in [1.165, 1.54) is 0 Å². The maximum absolute atomic E-state index is 13.1. The smallest absolute Gasteiger partial charge is 0.240 e. The molecule has 1 aromatic rings. The molecule has 0 aliphatic rings. The third-order valence-corrected chi connectivity index (χ3v) is 3.08. The number of nitrogens with two attached hydrogens (primary N) is 1. The van der Waals surface area contributed by atoms with Crippen molar-refractivity contribution in [2.45, 2.75) is 25.2 Å². The van der Waals surface area contributed by atoms with Crippen LogP contribution in [0.5, 0.6) is 0 Å². The highest BCUT2D eigenvalue weighted by molar-refractivity contribution is 7.89. The number of anilines is 1. The largest absolute Gasteiger partial charge is 0.325 e. The lowest BCUT2D eigenvalue weighted by Gasteiger charge is -2.10. The quantitative estimate of drug-likeness (QED) is 0.871. The average Bonchev–Trinajstić information content (AvgIpc) is 2.13. The minimum atomic E-state index is -4.01. The zero-order valence-corrected chi connectivity index (χ0v) is 10.9. The van der Waals surface area contributed by atoms with Crippen molar-refractivity contribution in [2.75, 3.05) is 5.32 Å². The zero-order chi connectivity index (χ0) is 13.9. The second-order valence-electron chi connectivity index (χ2n) is 4.33. The van der Waals surface area contributed by atoms with Crippen LogP contribution in [-0.2, 0) is 14.8 Å². The third-order valence-electron chi connectivity index (χ3n) is 2.12. The zero-order valence-electron chi connectivity index (χ0n) is 10.1. The van der Waals surface area contributed by atoms with Gasteiger partial charge in [-0.15, -0.1) is 0 Å². The number of sulfonamides is 1. The molecular formula is C11H15FN2O3S. The fourth-order valence-electron chi connectivity index (χ4n) is 1.42. The van der Waals surface area contributed by atoms with Crippen molar-refractivity contribution >= 4 is 21.6 Å². The van der Waals surface area contributed by atoms with E-state index in [9.17, 15) is 17.6 Å². The van der Waals surface area contributed by atoms with E-state index < -0.39 is 15.8 Å². The maximum Gasteiger partial charge on any atom is 0.240 e. The van der Waals surface area contributed by atoms with Gasteiger partial charge in [-0.25, -0.2) is 17.9 Å². The van der Waals surface area contributed by atoms with Crippen LogP contribution in [0.3, 0.4) is 0 Å². The Bertz CT molecular complexity index is 555. The number of halogens is 1. The van der Waals surface area contributed by atoms with Crippen LogP contribution < -0.4 is 10.5 Å². The summed E-state index contributed by atoms with van der Waals surface area (Å²) in [6.45, 7) is 3.68. The predicted octanol–water partition coefficient (Wildman–Crippen LogP) is 1.46. The predicted molar refractivity (Wildman–Crippen MR) is 65.9 cm³/mol. The molecule has 7 heteroatoms. The van der Waals surface area contributed by atoms with Crippen LogP contribution in [0.2, 0.25) is 0 Å². The SMILES string of the molecule is CC(C)CC(=O)Nc1cc(F)ccc1S(N)(=O)=O. The highest BCUT2D eigenvalue weighted by atomic mass is 32.2. The van der Waals surface area contributed by atoms with Crippen molar-refractivity contribution < 1.29 is 17.6 Å². The molecular weight excluding hydrogens is 259 g/mol. The number of benzene rings is 1. The highest BCUT2D eigenvalue weighted by Gasteiger charge is 2.16. The lowest BCUT2D eigenvalue weighted by molar-refractivity contribution is -0.116. The number of amides is 1. The van der Waals surface area contributed by atoms with Gasteiger partial charge in [0.05, 0.1) is 5.69 Å². The van der Waals surface area contributed by atoms with Gasteiger partial charge in [-0.2, -0.15) is 0 Å². The number of rotatable bonds is 4.